The summed E-state index contributed by atoms with van der Waals surface area (Å²) in [6.07, 6.45) is -0.261. The molecule has 2 rings (SSSR count). The van der Waals surface area contributed by atoms with Crippen molar-refractivity contribution in [3.05, 3.63) is 35.9 Å². The van der Waals surface area contributed by atoms with Gasteiger partial charge in [-0.2, -0.15) is 0 Å². The summed E-state index contributed by atoms with van der Waals surface area (Å²) in [7, 11) is 1.66. The molecule has 1 aromatic rings. The molecule has 0 aromatic heterocycles. The molecule has 4 heteroatoms. The Hall–Kier alpha value is -0.940. The van der Waals surface area contributed by atoms with Crippen molar-refractivity contribution < 1.29 is 18.9 Å². The summed E-state index contributed by atoms with van der Waals surface area (Å²) in [4.78, 5) is 0. The summed E-state index contributed by atoms with van der Waals surface area (Å²) < 4.78 is 21.7. The third-order valence-corrected chi connectivity index (χ3v) is 2.58. The summed E-state index contributed by atoms with van der Waals surface area (Å²) in [6, 6.07) is 9.92. The molecule has 0 atom stereocenters. The van der Waals surface area contributed by atoms with E-state index >= 15 is 0 Å². The maximum atomic E-state index is 5.62. The molecule has 1 fully saturated rings. The van der Waals surface area contributed by atoms with Gasteiger partial charge in [0.25, 0.3) is 0 Å². The first kappa shape index (κ1) is 12.5. The maximum Gasteiger partial charge on any atom is 0.184 e. The van der Waals surface area contributed by atoms with Crippen molar-refractivity contribution in [1.29, 1.82) is 0 Å². The monoisotopic (exact) mass is 238 g/mol. The zero-order valence-electron chi connectivity index (χ0n) is 10.0. The summed E-state index contributed by atoms with van der Waals surface area (Å²) in [5, 5.41) is 0. The topological polar surface area (TPSA) is 36.9 Å². The fraction of sp³-hybridized carbons (Fsp3) is 0.538. The molecule has 0 spiro atoms. The first-order valence-electron chi connectivity index (χ1n) is 5.79. The predicted molar refractivity (Wildman–Crippen MR) is 62.7 cm³/mol. The van der Waals surface area contributed by atoms with Crippen molar-refractivity contribution in [2.75, 3.05) is 33.5 Å². The lowest BCUT2D eigenvalue weighted by Crippen LogP contribution is -2.34. The normalized spacial score (nSPS) is 24.8. The minimum Gasteiger partial charge on any atom is -0.382 e. The number of rotatable bonds is 5. The fourth-order valence-corrected chi connectivity index (χ4v) is 1.68. The average molecular weight is 238 g/mol. The molecule has 0 bridgehead atoms. The highest BCUT2D eigenvalue weighted by atomic mass is 16.7. The van der Waals surface area contributed by atoms with Crippen LogP contribution in [0.5, 0.6) is 0 Å². The lowest BCUT2D eigenvalue weighted by atomic mass is 10.2. The first-order valence-corrected chi connectivity index (χ1v) is 5.79. The maximum absolute atomic E-state index is 5.62. The van der Waals surface area contributed by atoms with E-state index in [1.165, 1.54) is 0 Å². The van der Waals surface area contributed by atoms with Gasteiger partial charge in [0.05, 0.1) is 26.4 Å². The molecule has 0 unspecified atom stereocenters. The zero-order chi connectivity index (χ0) is 11.9. The SMILES string of the molecule is COCCOC1COC(c2ccccc2)OC1. The van der Waals surface area contributed by atoms with Gasteiger partial charge in [-0.25, -0.2) is 0 Å². The third kappa shape index (κ3) is 3.78. The highest BCUT2D eigenvalue weighted by molar-refractivity contribution is 5.16. The Morgan fingerprint density at radius 3 is 2.47 bits per heavy atom. The smallest absolute Gasteiger partial charge is 0.184 e. The Balaban J connectivity index is 1.74. The molecule has 0 N–H and O–H groups in total. The molecule has 0 saturated carbocycles. The van der Waals surface area contributed by atoms with Crippen molar-refractivity contribution in [1.82, 2.24) is 0 Å². The fourth-order valence-electron chi connectivity index (χ4n) is 1.68. The largest absolute Gasteiger partial charge is 0.382 e. The van der Waals surface area contributed by atoms with E-state index in [4.69, 9.17) is 18.9 Å². The van der Waals surface area contributed by atoms with Crippen LogP contribution in [0.1, 0.15) is 11.9 Å². The molecule has 1 saturated heterocycles. The molecule has 94 valence electrons. The van der Waals surface area contributed by atoms with Gasteiger partial charge in [0.2, 0.25) is 0 Å². The molecular formula is C13H18O4. The summed E-state index contributed by atoms with van der Waals surface area (Å²) in [5.41, 5.74) is 1.04. The van der Waals surface area contributed by atoms with Gasteiger partial charge in [0.15, 0.2) is 6.29 Å². The lowest BCUT2D eigenvalue weighted by Gasteiger charge is -2.29. The number of methoxy groups -OCH3 is 1. The van der Waals surface area contributed by atoms with Gasteiger partial charge in [0.1, 0.15) is 6.10 Å². The zero-order valence-corrected chi connectivity index (χ0v) is 10.0. The Morgan fingerprint density at radius 2 is 1.82 bits per heavy atom. The van der Waals surface area contributed by atoms with E-state index in [9.17, 15) is 0 Å². The number of hydrogen-bond donors (Lipinski definition) is 0. The number of hydrogen-bond acceptors (Lipinski definition) is 4. The van der Waals surface area contributed by atoms with Crippen molar-refractivity contribution >= 4 is 0 Å². The highest BCUT2D eigenvalue weighted by Gasteiger charge is 2.23. The van der Waals surface area contributed by atoms with Gasteiger partial charge >= 0.3 is 0 Å². The average Bonchev–Trinajstić information content (AvgIpc) is 2.41. The van der Waals surface area contributed by atoms with Crippen LogP contribution in [-0.4, -0.2) is 39.6 Å². The van der Waals surface area contributed by atoms with E-state index in [1.807, 2.05) is 30.3 Å². The van der Waals surface area contributed by atoms with Crippen LogP contribution in [0.3, 0.4) is 0 Å². The minimum atomic E-state index is -0.265. The van der Waals surface area contributed by atoms with Crippen LogP contribution >= 0.6 is 0 Å². The quantitative estimate of drug-likeness (QED) is 0.732. The van der Waals surface area contributed by atoms with Crippen LogP contribution < -0.4 is 0 Å². The van der Waals surface area contributed by atoms with Crippen molar-refractivity contribution in [2.45, 2.75) is 12.4 Å². The summed E-state index contributed by atoms with van der Waals surface area (Å²) in [6.45, 7) is 2.29. The highest BCUT2D eigenvalue weighted by Crippen LogP contribution is 2.23. The van der Waals surface area contributed by atoms with E-state index in [2.05, 4.69) is 0 Å². The molecule has 0 radical (unpaired) electrons. The number of ether oxygens (including phenoxy) is 4. The molecule has 1 aliphatic heterocycles. The Kier molecular flexibility index (Phi) is 4.94. The molecule has 1 aliphatic rings. The van der Waals surface area contributed by atoms with Crippen molar-refractivity contribution in [3.8, 4) is 0 Å². The van der Waals surface area contributed by atoms with Crippen molar-refractivity contribution in [3.63, 3.8) is 0 Å². The Labute approximate surface area is 101 Å². The second kappa shape index (κ2) is 6.71. The molecule has 1 heterocycles. The molecule has 4 nitrogen and oxygen atoms in total. The lowest BCUT2D eigenvalue weighted by molar-refractivity contribution is -0.231. The third-order valence-electron chi connectivity index (χ3n) is 2.58. The van der Waals surface area contributed by atoms with Gasteiger partial charge in [-0.05, 0) is 0 Å². The number of benzene rings is 1. The van der Waals surface area contributed by atoms with Crippen LogP contribution in [0.15, 0.2) is 30.3 Å². The first-order chi connectivity index (χ1) is 8.40. The van der Waals surface area contributed by atoms with E-state index in [-0.39, 0.29) is 12.4 Å². The van der Waals surface area contributed by atoms with Crippen LogP contribution in [0.25, 0.3) is 0 Å². The second-order valence-corrected chi connectivity index (χ2v) is 3.89. The van der Waals surface area contributed by atoms with E-state index in [1.54, 1.807) is 7.11 Å². The summed E-state index contributed by atoms with van der Waals surface area (Å²) in [5.74, 6) is 0. The molecule has 1 aromatic carbocycles. The standard InChI is InChI=1S/C13H18O4/c1-14-7-8-15-12-9-16-13(17-10-12)11-5-3-2-4-6-11/h2-6,12-13H,7-10H2,1H3. The van der Waals surface area contributed by atoms with Crippen LogP contribution in [-0.2, 0) is 18.9 Å². The molecule has 0 aliphatic carbocycles. The molecule has 17 heavy (non-hydrogen) atoms. The van der Waals surface area contributed by atoms with E-state index in [0.717, 1.165) is 5.56 Å². The summed E-state index contributed by atoms with van der Waals surface area (Å²) >= 11 is 0. The Bertz CT molecular complexity index is 306. The van der Waals surface area contributed by atoms with Gasteiger partial charge in [-0.3, -0.25) is 0 Å². The Morgan fingerprint density at radius 1 is 1.12 bits per heavy atom. The van der Waals surface area contributed by atoms with E-state index in [0.29, 0.717) is 26.4 Å². The van der Waals surface area contributed by atoms with Crippen molar-refractivity contribution in [2.24, 2.45) is 0 Å². The predicted octanol–water partition coefficient (Wildman–Crippen LogP) is 1.76. The van der Waals surface area contributed by atoms with Crippen LogP contribution in [0.4, 0.5) is 0 Å². The van der Waals surface area contributed by atoms with E-state index < -0.39 is 0 Å². The second-order valence-electron chi connectivity index (χ2n) is 3.89. The van der Waals surface area contributed by atoms with Gasteiger partial charge in [-0.15, -0.1) is 0 Å². The van der Waals surface area contributed by atoms with Gasteiger partial charge < -0.3 is 18.9 Å². The minimum absolute atomic E-state index is 0.00473. The van der Waals surface area contributed by atoms with Gasteiger partial charge in [0, 0.05) is 12.7 Å². The van der Waals surface area contributed by atoms with Gasteiger partial charge in [-0.1, -0.05) is 30.3 Å². The molecular weight excluding hydrogens is 220 g/mol. The van der Waals surface area contributed by atoms with Crippen LogP contribution in [0.2, 0.25) is 0 Å². The van der Waals surface area contributed by atoms with Crippen LogP contribution in [0, 0.1) is 0 Å². The molecule has 0 amide bonds.